The third-order valence-electron chi connectivity index (χ3n) is 6.74. The molecule has 0 bridgehead atoms. The molecule has 1 amide bonds. The summed E-state index contributed by atoms with van der Waals surface area (Å²) in [6.07, 6.45) is 6.98. The van der Waals surface area contributed by atoms with Crippen LogP contribution in [-0.2, 0) is 11.3 Å². The first kappa shape index (κ1) is 24.7. The maximum Gasteiger partial charge on any atom is 0.246 e. The van der Waals surface area contributed by atoms with Crippen LogP contribution in [0.15, 0.2) is 77.7 Å². The quantitative estimate of drug-likeness (QED) is 0.302. The van der Waals surface area contributed by atoms with E-state index in [2.05, 4.69) is 9.88 Å². The Balaban J connectivity index is 1.35. The lowest BCUT2D eigenvalue weighted by molar-refractivity contribution is -0.127. The third-order valence-corrected chi connectivity index (χ3v) is 6.74. The number of allylic oxidation sites excluding steroid dienone is 1. The number of carbonyl (C=O) groups is 1. The highest BCUT2D eigenvalue weighted by Gasteiger charge is 2.21. The van der Waals surface area contributed by atoms with Crippen LogP contribution < -0.4 is 4.74 Å². The van der Waals surface area contributed by atoms with Gasteiger partial charge in [0.2, 0.25) is 5.91 Å². The van der Waals surface area contributed by atoms with Crippen LogP contribution in [0.5, 0.6) is 5.75 Å². The second kappa shape index (κ2) is 11.0. The number of piperazine rings is 1. The van der Waals surface area contributed by atoms with Crippen LogP contribution in [0.3, 0.4) is 0 Å². The molecule has 1 saturated heterocycles. The molecule has 5 rings (SSSR count). The normalized spacial score (nSPS) is 14.8. The highest BCUT2D eigenvalue weighted by molar-refractivity contribution is 6.00. The summed E-state index contributed by atoms with van der Waals surface area (Å²) >= 11 is 0. The standard InChI is InChI=1S/C30H30FN3O3/c1-3-36-28-18-29-26(27(20-37-29)23-4-6-24(31)7-5-23)17-25(28)21(2)16-30(35)34-14-12-33(13-15-34)19-22-8-10-32-11-9-22/h4-11,16-18,20H,3,12-15,19H2,1-2H3/b21-16+. The number of pyridine rings is 1. The zero-order chi connectivity index (χ0) is 25.8. The Morgan fingerprint density at radius 1 is 1.08 bits per heavy atom. The van der Waals surface area contributed by atoms with Crippen LogP contribution in [0.1, 0.15) is 25.0 Å². The number of furan rings is 1. The summed E-state index contributed by atoms with van der Waals surface area (Å²) in [6.45, 7) is 8.22. The fourth-order valence-corrected chi connectivity index (χ4v) is 4.72. The lowest BCUT2D eigenvalue weighted by Gasteiger charge is -2.34. The van der Waals surface area contributed by atoms with Crippen molar-refractivity contribution in [2.75, 3.05) is 32.8 Å². The number of hydrogen-bond donors (Lipinski definition) is 0. The zero-order valence-electron chi connectivity index (χ0n) is 21.1. The number of aromatic nitrogens is 1. The summed E-state index contributed by atoms with van der Waals surface area (Å²) in [5.74, 6) is 0.375. The first-order valence-corrected chi connectivity index (χ1v) is 12.5. The molecule has 1 aliphatic heterocycles. The van der Waals surface area contributed by atoms with Crippen LogP contribution >= 0.6 is 0 Å². The van der Waals surface area contributed by atoms with Gasteiger partial charge >= 0.3 is 0 Å². The van der Waals surface area contributed by atoms with E-state index in [0.717, 1.165) is 47.3 Å². The number of ether oxygens (including phenoxy) is 1. The second-order valence-corrected chi connectivity index (χ2v) is 9.22. The van der Waals surface area contributed by atoms with Gasteiger partial charge in [0, 0.05) is 73.8 Å². The van der Waals surface area contributed by atoms with Crippen LogP contribution in [0.4, 0.5) is 4.39 Å². The first-order valence-electron chi connectivity index (χ1n) is 12.5. The number of nitrogens with zero attached hydrogens (tertiary/aromatic N) is 3. The van der Waals surface area contributed by atoms with Gasteiger partial charge < -0.3 is 14.1 Å². The third kappa shape index (κ3) is 5.57. The number of rotatable bonds is 7. The van der Waals surface area contributed by atoms with E-state index in [-0.39, 0.29) is 11.7 Å². The van der Waals surface area contributed by atoms with E-state index in [4.69, 9.17) is 9.15 Å². The van der Waals surface area contributed by atoms with Crippen molar-refractivity contribution in [1.82, 2.24) is 14.8 Å². The molecule has 0 saturated carbocycles. The van der Waals surface area contributed by atoms with Crippen molar-refractivity contribution in [2.24, 2.45) is 0 Å². The largest absolute Gasteiger partial charge is 0.493 e. The van der Waals surface area contributed by atoms with Gasteiger partial charge in [-0.15, -0.1) is 0 Å². The van der Waals surface area contributed by atoms with Crippen molar-refractivity contribution in [3.63, 3.8) is 0 Å². The molecular formula is C30H30FN3O3. The Hall–Kier alpha value is -3.97. The maximum absolute atomic E-state index is 13.5. The number of benzene rings is 2. The van der Waals surface area contributed by atoms with Crippen LogP contribution in [0.25, 0.3) is 27.7 Å². The van der Waals surface area contributed by atoms with Gasteiger partial charge in [0.05, 0.1) is 12.9 Å². The first-order chi connectivity index (χ1) is 18.0. The average Bonchev–Trinajstić information content (AvgIpc) is 3.32. The molecule has 6 nitrogen and oxygen atoms in total. The molecule has 0 unspecified atom stereocenters. The fourth-order valence-electron chi connectivity index (χ4n) is 4.72. The highest BCUT2D eigenvalue weighted by Crippen LogP contribution is 2.37. The Kier molecular flexibility index (Phi) is 7.32. The van der Waals surface area contributed by atoms with Crippen LogP contribution in [0, 0.1) is 5.82 Å². The summed E-state index contributed by atoms with van der Waals surface area (Å²) in [6, 6.07) is 14.2. The summed E-state index contributed by atoms with van der Waals surface area (Å²) in [7, 11) is 0. The molecular weight excluding hydrogens is 469 g/mol. The second-order valence-electron chi connectivity index (χ2n) is 9.22. The topological polar surface area (TPSA) is 58.8 Å². The summed E-state index contributed by atoms with van der Waals surface area (Å²) in [5, 5.41) is 0.884. The number of hydrogen-bond acceptors (Lipinski definition) is 5. The number of amides is 1. The fraction of sp³-hybridized carbons (Fsp3) is 0.267. The van der Waals surface area contributed by atoms with Crippen LogP contribution in [-0.4, -0.2) is 53.5 Å². The van der Waals surface area contributed by atoms with Gasteiger partial charge in [0.1, 0.15) is 17.1 Å². The lowest BCUT2D eigenvalue weighted by atomic mass is 9.99. The van der Waals surface area contributed by atoms with Crippen molar-refractivity contribution in [3.8, 4) is 16.9 Å². The van der Waals surface area contributed by atoms with Gasteiger partial charge in [-0.3, -0.25) is 14.7 Å². The SMILES string of the molecule is CCOc1cc2occ(-c3ccc(F)cc3)c2cc1/C(C)=C/C(=O)N1CCN(Cc2ccncc2)CC1. The van der Waals surface area contributed by atoms with E-state index in [1.807, 2.05) is 55.4 Å². The van der Waals surface area contributed by atoms with Crippen molar-refractivity contribution in [1.29, 1.82) is 0 Å². The molecule has 3 heterocycles. The molecule has 7 heteroatoms. The Morgan fingerprint density at radius 3 is 2.51 bits per heavy atom. The molecule has 0 aliphatic carbocycles. The van der Waals surface area contributed by atoms with Crippen molar-refractivity contribution >= 4 is 22.4 Å². The van der Waals surface area contributed by atoms with Gasteiger partial charge in [-0.25, -0.2) is 4.39 Å². The van der Waals surface area contributed by atoms with E-state index >= 15 is 0 Å². The predicted octanol–water partition coefficient (Wildman–Crippen LogP) is 5.78. The van der Waals surface area contributed by atoms with Crippen LogP contribution in [0.2, 0.25) is 0 Å². The minimum Gasteiger partial charge on any atom is -0.493 e. The molecule has 2 aromatic heterocycles. The van der Waals surface area contributed by atoms with E-state index in [0.29, 0.717) is 31.0 Å². The van der Waals surface area contributed by atoms with Gasteiger partial charge in [0.15, 0.2) is 0 Å². The molecule has 0 atom stereocenters. The Bertz CT molecular complexity index is 1410. The van der Waals surface area contributed by atoms with Gasteiger partial charge in [-0.2, -0.15) is 0 Å². The van der Waals surface area contributed by atoms with Gasteiger partial charge in [-0.1, -0.05) is 12.1 Å². The molecule has 0 radical (unpaired) electrons. The lowest BCUT2D eigenvalue weighted by Crippen LogP contribution is -2.47. The molecule has 2 aromatic carbocycles. The van der Waals surface area contributed by atoms with E-state index in [1.165, 1.54) is 17.7 Å². The molecule has 1 fully saturated rings. The number of carbonyl (C=O) groups excluding carboxylic acids is 1. The monoisotopic (exact) mass is 499 g/mol. The highest BCUT2D eigenvalue weighted by atomic mass is 19.1. The summed E-state index contributed by atoms with van der Waals surface area (Å²) < 4.78 is 25.2. The molecule has 190 valence electrons. The van der Waals surface area contributed by atoms with E-state index in [1.54, 1.807) is 24.5 Å². The summed E-state index contributed by atoms with van der Waals surface area (Å²) in [4.78, 5) is 21.5. The van der Waals surface area contributed by atoms with Gasteiger partial charge in [-0.05, 0) is 60.9 Å². The van der Waals surface area contributed by atoms with Crippen molar-refractivity contribution in [3.05, 3.63) is 90.2 Å². The van der Waals surface area contributed by atoms with E-state index < -0.39 is 0 Å². The smallest absolute Gasteiger partial charge is 0.246 e. The molecule has 4 aromatic rings. The maximum atomic E-state index is 13.5. The van der Waals surface area contributed by atoms with Crippen molar-refractivity contribution < 1.29 is 18.3 Å². The zero-order valence-corrected chi connectivity index (χ0v) is 21.1. The number of halogens is 1. The average molecular weight is 500 g/mol. The van der Waals surface area contributed by atoms with Gasteiger partial charge in [0.25, 0.3) is 0 Å². The van der Waals surface area contributed by atoms with Crippen molar-refractivity contribution in [2.45, 2.75) is 20.4 Å². The molecule has 0 spiro atoms. The molecule has 0 N–H and O–H groups in total. The van der Waals surface area contributed by atoms with E-state index in [9.17, 15) is 9.18 Å². The molecule has 1 aliphatic rings. The number of fused-ring (bicyclic) bond motifs is 1. The Morgan fingerprint density at radius 2 is 1.81 bits per heavy atom. The minimum atomic E-state index is -0.286. The summed E-state index contributed by atoms with van der Waals surface area (Å²) in [5.41, 5.74) is 5.28. The minimum absolute atomic E-state index is 0.00504. The predicted molar refractivity (Wildman–Crippen MR) is 143 cm³/mol. The Labute approximate surface area is 216 Å². The molecule has 37 heavy (non-hydrogen) atoms.